The minimum absolute atomic E-state index is 0.652. The molecule has 0 amide bonds. The van der Waals surface area contributed by atoms with Gasteiger partial charge in [0.2, 0.25) is 0 Å². The predicted molar refractivity (Wildman–Crippen MR) is 42.4 cm³/mol. The van der Waals surface area contributed by atoms with Crippen molar-refractivity contribution in [2.45, 2.75) is 18.8 Å². The van der Waals surface area contributed by atoms with E-state index in [2.05, 4.69) is 15.3 Å². The van der Waals surface area contributed by atoms with Crippen molar-refractivity contribution in [3.05, 3.63) is 18.2 Å². The molecular formula is C8H12N3. The summed E-state index contributed by atoms with van der Waals surface area (Å²) in [6.45, 7) is 2.02. The van der Waals surface area contributed by atoms with E-state index in [1.807, 2.05) is 6.20 Å². The second kappa shape index (κ2) is 3.05. The van der Waals surface area contributed by atoms with Crippen molar-refractivity contribution in [1.82, 2.24) is 15.3 Å². The van der Waals surface area contributed by atoms with Crippen LogP contribution in [0, 0.1) is 0 Å². The van der Waals surface area contributed by atoms with E-state index in [0.717, 1.165) is 13.1 Å². The van der Waals surface area contributed by atoms with Gasteiger partial charge in [0.15, 0.2) is 0 Å². The molecule has 1 radical (unpaired) electrons. The number of nitrogens with one attached hydrogen (secondary N) is 1. The Hall–Kier alpha value is -0.830. The minimum atomic E-state index is 0.652. The van der Waals surface area contributed by atoms with E-state index in [9.17, 15) is 0 Å². The van der Waals surface area contributed by atoms with Gasteiger partial charge in [-0.15, -0.1) is 0 Å². The van der Waals surface area contributed by atoms with Crippen molar-refractivity contribution >= 4 is 0 Å². The van der Waals surface area contributed by atoms with Gasteiger partial charge in [-0.3, -0.25) is 0 Å². The van der Waals surface area contributed by atoms with Crippen LogP contribution in [-0.2, 0) is 0 Å². The average Bonchev–Trinajstić information content (AvgIpc) is 2.58. The Morgan fingerprint density at radius 1 is 1.36 bits per heavy atom. The van der Waals surface area contributed by atoms with Crippen molar-refractivity contribution in [2.24, 2.45) is 0 Å². The summed E-state index contributed by atoms with van der Waals surface area (Å²) in [5.41, 5.74) is 1.21. The summed E-state index contributed by atoms with van der Waals surface area (Å²) in [7, 11) is 0. The van der Waals surface area contributed by atoms with Crippen LogP contribution >= 0.6 is 0 Å². The van der Waals surface area contributed by atoms with Gasteiger partial charge in [0.05, 0.1) is 12.0 Å². The lowest BCUT2D eigenvalue weighted by Gasteiger charge is -2.19. The zero-order valence-electron chi connectivity index (χ0n) is 6.45. The van der Waals surface area contributed by atoms with Crippen LogP contribution in [0.2, 0.25) is 0 Å². The summed E-state index contributed by atoms with van der Waals surface area (Å²) in [6, 6.07) is 0. The summed E-state index contributed by atoms with van der Waals surface area (Å²) in [4.78, 5) is 7.23. The van der Waals surface area contributed by atoms with Crippen LogP contribution in [0.5, 0.6) is 0 Å². The molecule has 0 spiro atoms. The molecule has 59 valence electrons. The maximum atomic E-state index is 4.30. The summed E-state index contributed by atoms with van der Waals surface area (Å²) in [6.07, 6.45) is 6.09. The Morgan fingerprint density at radius 3 is 2.82 bits per heavy atom. The van der Waals surface area contributed by atoms with Crippen molar-refractivity contribution in [3.8, 4) is 0 Å². The monoisotopic (exact) mass is 150 g/mol. The van der Waals surface area contributed by atoms with Gasteiger partial charge < -0.3 is 4.98 Å². The molecule has 2 rings (SSSR count). The zero-order chi connectivity index (χ0) is 7.52. The molecule has 0 atom stereocenters. The standard InChI is InChI=1S/C8H12N3/c1-3-9-4-2-7(1)8-5-10-6-11-8/h5-7H,1-4H2,(H,10,11). The molecule has 1 aromatic rings. The normalized spacial score (nSPS) is 20.4. The smallest absolute Gasteiger partial charge is 0.0923 e. The number of piperidine rings is 1. The van der Waals surface area contributed by atoms with E-state index in [4.69, 9.17) is 0 Å². The third-order valence-corrected chi connectivity index (χ3v) is 2.21. The van der Waals surface area contributed by atoms with Gasteiger partial charge in [0.25, 0.3) is 0 Å². The molecule has 1 aromatic heterocycles. The fourth-order valence-electron chi connectivity index (χ4n) is 1.54. The Labute approximate surface area is 66.2 Å². The molecule has 0 aromatic carbocycles. The quantitative estimate of drug-likeness (QED) is 0.634. The molecule has 1 aliphatic rings. The molecule has 1 aliphatic heterocycles. The van der Waals surface area contributed by atoms with Gasteiger partial charge in [-0.1, -0.05) is 0 Å². The van der Waals surface area contributed by atoms with Crippen molar-refractivity contribution in [2.75, 3.05) is 13.1 Å². The molecule has 11 heavy (non-hydrogen) atoms. The van der Waals surface area contributed by atoms with E-state index in [1.165, 1.54) is 18.5 Å². The molecule has 1 saturated heterocycles. The number of H-pyrrole nitrogens is 1. The first-order valence-corrected chi connectivity index (χ1v) is 4.09. The Bertz CT molecular complexity index is 199. The van der Waals surface area contributed by atoms with Gasteiger partial charge in [-0.05, 0) is 12.8 Å². The van der Waals surface area contributed by atoms with Crippen molar-refractivity contribution < 1.29 is 0 Å². The fraction of sp³-hybridized carbons (Fsp3) is 0.625. The largest absolute Gasteiger partial charge is 0.351 e. The first-order chi connectivity index (χ1) is 5.47. The lowest BCUT2D eigenvalue weighted by Crippen LogP contribution is -2.21. The number of rotatable bonds is 1. The summed E-state index contributed by atoms with van der Waals surface area (Å²) in [5, 5.41) is 4.30. The van der Waals surface area contributed by atoms with Crippen LogP contribution in [0.3, 0.4) is 0 Å². The second-order valence-corrected chi connectivity index (χ2v) is 2.94. The SMILES string of the molecule is c1nc(C2CC[N]CC2)c[nH]1. The highest BCUT2D eigenvalue weighted by molar-refractivity contribution is 5.04. The van der Waals surface area contributed by atoms with Crippen LogP contribution in [0.4, 0.5) is 0 Å². The number of nitrogens with zero attached hydrogens (tertiary/aromatic N) is 2. The highest BCUT2D eigenvalue weighted by Crippen LogP contribution is 2.22. The van der Waals surface area contributed by atoms with Crippen LogP contribution in [-0.4, -0.2) is 23.1 Å². The Morgan fingerprint density at radius 2 is 2.18 bits per heavy atom. The van der Waals surface area contributed by atoms with Gasteiger partial charge in [-0.25, -0.2) is 10.3 Å². The molecule has 3 heteroatoms. The summed E-state index contributed by atoms with van der Waals surface area (Å²) in [5.74, 6) is 0.652. The maximum Gasteiger partial charge on any atom is 0.0923 e. The lowest BCUT2D eigenvalue weighted by molar-refractivity contribution is 0.447. The molecule has 0 bridgehead atoms. The van der Waals surface area contributed by atoms with Crippen LogP contribution in [0.25, 0.3) is 0 Å². The predicted octanol–water partition coefficient (Wildman–Crippen LogP) is 0.891. The highest BCUT2D eigenvalue weighted by atomic mass is 14.9. The third kappa shape index (κ3) is 1.43. The van der Waals surface area contributed by atoms with E-state index in [-0.39, 0.29) is 0 Å². The Balaban J connectivity index is 2.04. The van der Waals surface area contributed by atoms with Crippen LogP contribution in [0.1, 0.15) is 24.5 Å². The van der Waals surface area contributed by atoms with E-state index >= 15 is 0 Å². The van der Waals surface area contributed by atoms with Gasteiger partial charge in [-0.2, -0.15) is 0 Å². The fourth-order valence-corrected chi connectivity index (χ4v) is 1.54. The van der Waals surface area contributed by atoms with E-state index in [1.54, 1.807) is 6.33 Å². The average molecular weight is 150 g/mol. The molecule has 0 aliphatic carbocycles. The molecule has 1 fully saturated rings. The molecule has 2 heterocycles. The molecule has 0 saturated carbocycles. The van der Waals surface area contributed by atoms with Crippen molar-refractivity contribution in [1.29, 1.82) is 0 Å². The van der Waals surface area contributed by atoms with Gasteiger partial charge >= 0.3 is 0 Å². The topological polar surface area (TPSA) is 42.8 Å². The Kier molecular flexibility index (Phi) is 1.90. The number of hydrogen-bond acceptors (Lipinski definition) is 1. The maximum absolute atomic E-state index is 4.30. The number of hydrogen-bond donors (Lipinski definition) is 1. The number of imidazole rings is 1. The molecule has 1 N–H and O–H groups in total. The van der Waals surface area contributed by atoms with Gasteiger partial charge in [0.1, 0.15) is 0 Å². The molecule has 0 unspecified atom stereocenters. The first-order valence-electron chi connectivity index (χ1n) is 4.09. The van der Waals surface area contributed by atoms with Crippen LogP contribution < -0.4 is 5.32 Å². The number of aromatic nitrogens is 2. The molecular weight excluding hydrogens is 138 g/mol. The van der Waals surface area contributed by atoms with E-state index in [0.29, 0.717) is 5.92 Å². The summed E-state index contributed by atoms with van der Waals surface area (Å²) < 4.78 is 0. The van der Waals surface area contributed by atoms with Crippen molar-refractivity contribution in [3.63, 3.8) is 0 Å². The summed E-state index contributed by atoms with van der Waals surface area (Å²) >= 11 is 0. The second-order valence-electron chi connectivity index (χ2n) is 2.94. The third-order valence-electron chi connectivity index (χ3n) is 2.21. The zero-order valence-corrected chi connectivity index (χ0v) is 6.45. The minimum Gasteiger partial charge on any atom is -0.351 e. The van der Waals surface area contributed by atoms with Gasteiger partial charge in [0, 0.05) is 25.2 Å². The first kappa shape index (κ1) is 6.85. The number of aromatic amines is 1. The highest BCUT2D eigenvalue weighted by Gasteiger charge is 2.16. The van der Waals surface area contributed by atoms with Crippen LogP contribution in [0.15, 0.2) is 12.5 Å². The molecule has 3 nitrogen and oxygen atoms in total. The lowest BCUT2D eigenvalue weighted by atomic mass is 9.95. The van der Waals surface area contributed by atoms with E-state index < -0.39 is 0 Å².